The fraction of sp³-hybridized carbons (Fsp3) is 0.684. The van der Waals surface area contributed by atoms with Crippen LogP contribution < -0.4 is 8.31 Å². The van der Waals surface area contributed by atoms with E-state index in [4.69, 9.17) is 0 Å². The van der Waals surface area contributed by atoms with Gasteiger partial charge in [-0.25, -0.2) is 16.8 Å². The first-order valence-electron chi connectivity index (χ1n) is 10.2. The number of rotatable bonds is 11. The number of benzene rings is 1. The Hall–Kier alpha value is -1.59. The molecular formula is C19H27F6NO7S3. The minimum Gasteiger partial charge on any atom is -0.377 e. The van der Waals surface area contributed by atoms with E-state index in [0.29, 0.717) is 5.56 Å². The Labute approximate surface area is 206 Å². The summed E-state index contributed by atoms with van der Waals surface area (Å²) in [5.41, 5.74) is 0.602. The van der Waals surface area contributed by atoms with Gasteiger partial charge >= 0.3 is 26.5 Å². The number of nitrogens with one attached hydrogen (secondary N) is 1. The van der Waals surface area contributed by atoms with Crippen LogP contribution in [0.2, 0.25) is 0 Å². The molecule has 8 nitrogen and oxygen atoms in total. The molecule has 0 saturated carbocycles. The fourth-order valence-corrected chi connectivity index (χ4v) is 6.40. The van der Waals surface area contributed by atoms with E-state index in [2.05, 4.69) is 4.18 Å². The third kappa shape index (κ3) is 5.93. The first-order chi connectivity index (χ1) is 15.7. The van der Waals surface area contributed by atoms with Crippen LogP contribution in [0.3, 0.4) is 0 Å². The molecule has 0 aliphatic rings. The summed E-state index contributed by atoms with van der Waals surface area (Å²) in [6, 6.07) is 2.77. The van der Waals surface area contributed by atoms with Crippen molar-refractivity contribution in [3.8, 4) is 5.75 Å². The Morgan fingerprint density at radius 1 is 0.722 bits per heavy atom. The molecule has 0 fully saturated rings. The van der Waals surface area contributed by atoms with Crippen molar-refractivity contribution in [2.45, 2.75) is 75.7 Å². The SMILES string of the molecule is CC(C)c1cc(C(C)C)c(OS(=O)(=O)C(F)(F)C(F)(F)C(F)(F)S(=O)(=O)NS(C)(=O)=O)c(C(C)C)c1. The number of hydrogen-bond acceptors (Lipinski definition) is 7. The molecular weight excluding hydrogens is 564 g/mol. The van der Waals surface area contributed by atoms with Crippen molar-refractivity contribution < 1.29 is 55.8 Å². The Balaban J connectivity index is 3.81. The lowest BCUT2D eigenvalue weighted by atomic mass is 9.88. The summed E-state index contributed by atoms with van der Waals surface area (Å²) < 4.78 is 161. The van der Waals surface area contributed by atoms with Crippen LogP contribution in [-0.4, -0.2) is 47.9 Å². The Kier molecular flexibility index (Phi) is 8.96. The monoisotopic (exact) mass is 591 g/mol. The van der Waals surface area contributed by atoms with E-state index in [9.17, 15) is 51.6 Å². The number of hydrogen-bond donors (Lipinski definition) is 1. The second-order valence-corrected chi connectivity index (χ2v) is 14.3. The molecule has 0 spiro atoms. The van der Waals surface area contributed by atoms with Crippen LogP contribution in [0.25, 0.3) is 0 Å². The molecule has 1 rings (SSSR count). The lowest BCUT2D eigenvalue weighted by molar-refractivity contribution is -0.245. The highest BCUT2D eigenvalue weighted by molar-refractivity contribution is 8.05. The van der Waals surface area contributed by atoms with E-state index >= 15 is 0 Å². The smallest absolute Gasteiger partial charge is 0.377 e. The Morgan fingerprint density at radius 3 is 1.42 bits per heavy atom. The molecule has 0 atom stereocenters. The van der Waals surface area contributed by atoms with Gasteiger partial charge in [0.25, 0.3) is 10.0 Å². The molecule has 210 valence electrons. The van der Waals surface area contributed by atoms with Gasteiger partial charge in [0, 0.05) is 0 Å². The molecule has 0 bridgehead atoms. The van der Waals surface area contributed by atoms with Gasteiger partial charge in [-0.3, -0.25) is 0 Å². The first-order valence-corrected chi connectivity index (χ1v) is 15.0. The maximum absolute atomic E-state index is 14.6. The summed E-state index contributed by atoms with van der Waals surface area (Å²) >= 11 is 0. The zero-order chi connectivity index (χ0) is 28.9. The molecule has 0 unspecified atom stereocenters. The molecule has 0 aromatic heterocycles. The normalized spacial score (nSPS) is 14.7. The zero-order valence-electron chi connectivity index (χ0n) is 20.2. The first kappa shape index (κ1) is 32.4. The van der Waals surface area contributed by atoms with Crippen molar-refractivity contribution in [1.29, 1.82) is 0 Å². The molecule has 0 aliphatic heterocycles. The topological polar surface area (TPSA) is 124 Å². The van der Waals surface area contributed by atoms with Gasteiger partial charge in [0.15, 0.2) is 0 Å². The Morgan fingerprint density at radius 2 is 1.11 bits per heavy atom. The highest BCUT2D eigenvalue weighted by Gasteiger charge is 2.83. The third-order valence-corrected chi connectivity index (χ3v) is 9.21. The number of sulfonamides is 2. The number of halogens is 6. The predicted octanol–water partition coefficient (Wildman–Crippen LogP) is 4.47. The highest BCUT2D eigenvalue weighted by Crippen LogP contribution is 2.52. The fourth-order valence-electron chi connectivity index (χ4n) is 2.89. The lowest BCUT2D eigenvalue weighted by Crippen LogP contribution is -2.63. The van der Waals surface area contributed by atoms with Crippen LogP contribution in [0.4, 0.5) is 26.3 Å². The van der Waals surface area contributed by atoms with Crippen molar-refractivity contribution >= 4 is 30.2 Å². The van der Waals surface area contributed by atoms with E-state index in [1.54, 1.807) is 13.8 Å². The van der Waals surface area contributed by atoms with Crippen LogP contribution in [0, 0.1) is 0 Å². The lowest BCUT2D eigenvalue weighted by Gasteiger charge is -2.31. The Bertz CT molecular complexity index is 1280. The van der Waals surface area contributed by atoms with Gasteiger partial charge in [0.1, 0.15) is 5.75 Å². The summed E-state index contributed by atoms with van der Waals surface area (Å²) in [7, 11) is -19.3. The molecule has 0 radical (unpaired) electrons. The standard InChI is InChI=1S/C19H27F6NO7S3/c1-10(2)13-8-14(11(3)4)16(15(9-13)12(5)6)33-36(31,32)19(24,25)17(20,21)18(22,23)35(29,30)26-34(7,27)28/h8-12,26H,1-7H3. The molecule has 1 N–H and O–H groups in total. The van der Waals surface area contributed by atoms with E-state index in [1.807, 2.05) is 0 Å². The van der Waals surface area contributed by atoms with Gasteiger partial charge in [-0.05, 0) is 34.4 Å². The predicted molar refractivity (Wildman–Crippen MR) is 120 cm³/mol. The summed E-state index contributed by atoms with van der Waals surface area (Å²) in [6.45, 7) is 9.56. The summed E-state index contributed by atoms with van der Waals surface area (Å²) in [5.74, 6) is -9.32. The molecule has 0 heterocycles. The van der Waals surface area contributed by atoms with Crippen molar-refractivity contribution in [3.05, 3.63) is 28.8 Å². The molecule has 36 heavy (non-hydrogen) atoms. The van der Waals surface area contributed by atoms with Crippen LogP contribution in [0.15, 0.2) is 12.1 Å². The molecule has 0 aliphatic carbocycles. The summed E-state index contributed by atoms with van der Waals surface area (Å²) in [6.07, 6.45) is -0.0293. The second-order valence-electron chi connectivity index (χ2n) is 9.00. The molecule has 1 aromatic rings. The van der Waals surface area contributed by atoms with Crippen LogP contribution in [0.5, 0.6) is 5.75 Å². The zero-order valence-corrected chi connectivity index (χ0v) is 22.7. The maximum atomic E-state index is 14.6. The van der Waals surface area contributed by atoms with Crippen molar-refractivity contribution in [2.24, 2.45) is 0 Å². The van der Waals surface area contributed by atoms with Crippen molar-refractivity contribution in [3.63, 3.8) is 0 Å². The van der Waals surface area contributed by atoms with Crippen LogP contribution in [-0.2, 0) is 30.2 Å². The second kappa shape index (κ2) is 9.94. The quantitative estimate of drug-likeness (QED) is 0.298. The minimum absolute atomic E-state index is 0.00860. The maximum Gasteiger partial charge on any atom is 0.450 e. The summed E-state index contributed by atoms with van der Waals surface area (Å²) in [4.78, 5) is 0. The van der Waals surface area contributed by atoms with E-state index < -0.39 is 64.2 Å². The summed E-state index contributed by atoms with van der Waals surface area (Å²) in [5, 5.41) is -13.7. The van der Waals surface area contributed by atoms with Crippen molar-refractivity contribution in [1.82, 2.24) is 4.13 Å². The minimum atomic E-state index is -7.18. The van der Waals surface area contributed by atoms with Gasteiger partial charge in [0.05, 0.1) is 6.26 Å². The average molecular weight is 592 g/mol. The van der Waals surface area contributed by atoms with Gasteiger partial charge in [-0.2, -0.15) is 34.8 Å². The van der Waals surface area contributed by atoms with Gasteiger partial charge < -0.3 is 4.18 Å². The van der Waals surface area contributed by atoms with E-state index in [-0.39, 0.29) is 27.4 Å². The molecule has 0 amide bonds. The van der Waals surface area contributed by atoms with E-state index in [0.717, 1.165) is 0 Å². The molecule has 0 saturated heterocycles. The van der Waals surface area contributed by atoms with Crippen LogP contribution in [0.1, 0.15) is 76.0 Å². The average Bonchev–Trinajstić information content (AvgIpc) is 2.64. The van der Waals surface area contributed by atoms with Gasteiger partial charge in [0.2, 0.25) is 10.0 Å². The van der Waals surface area contributed by atoms with E-state index in [1.165, 1.54) is 39.8 Å². The number of alkyl halides is 6. The third-order valence-electron chi connectivity index (χ3n) is 4.92. The highest BCUT2D eigenvalue weighted by atomic mass is 32.3. The molecule has 1 aromatic carbocycles. The van der Waals surface area contributed by atoms with Gasteiger partial charge in [-0.1, -0.05) is 53.7 Å². The van der Waals surface area contributed by atoms with Crippen LogP contribution >= 0.6 is 0 Å². The van der Waals surface area contributed by atoms with Gasteiger partial charge in [-0.15, -0.1) is 4.13 Å². The van der Waals surface area contributed by atoms with Crippen molar-refractivity contribution in [2.75, 3.05) is 6.26 Å². The molecule has 17 heteroatoms. The largest absolute Gasteiger partial charge is 0.450 e.